The van der Waals surface area contributed by atoms with Crippen LogP contribution >= 0.6 is 11.8 Å². The third-order valence-corrected chi connectivity index (χ3v) is 4.33. The summed E-state index contributed by atoms with van der Waals surface area (Å²) in [6.45, 7) is 6.16. The molecule has 24 heavy (non-hydrogen) atoms. The van der Waals surface area contributed by atoms with Crippen LogP contribution in [0.5, 0.6) is 5.75 Å². The monoisotopic (exact) mass is 345 g/mol. The second-order valence-corrected chi connectivity index (χ2v) is 5.92. The lowest BCUT2D eigenvalue weighted by molar-refractivity contribution is 0.419. The van der Waals surface area contributed by atoms with E-state index in [1.54, 1.807) is 12.3 Å². The third-order valence-electron chi connectivity index (χ3n) is 3.34. The van der Waals surface area contributed by atoms with Crippen LogP contribution in [0.3, 0.4) is 0 Å². The molecule has 0 spiro atoms. The number of aromatic hydroxyl groups is 1. The van der Waals surface area contributed by atoms with Gasteiger partial charge in [0.25, 0.3) is 0 Å². The number of thioether (sulfide) groups is 1. The summed E-state index contributed by atoms with van der Waals surface area (Å²) < 4.78 is 12.4. The Balaban J connectivity index is 1.86. The highest BCUT2D eigenvalue weighted by atomic mass is 32.2. The van der Waals surface area contributed by atoms with Gasteiger partial charge in [-0.2, -0.15) is 0 Å². The number of rotatable bonds is 6. The molecule has 0 amide bonds. The van der Waals surface area contributed by atoms with Crippen molar-refractivity contribution in [3.05, 3.63) is 59.1 Å². The molecule has 0 aliphatic carbocycles. The summed E-state index contributed by atoms with van der Waals surface area (Å²) >= 11 is 1.38. The molecule has 7 nitrogen and oxygen atoms in total. The van der Waals surface area contributed by atoms with E-state index in [2.05, 4.69) is 16.8 Å². The molecule has 8 heteroatoms. The van der Waals surface area contributed by atoms with E-state index in [1.807, 2.05) is 17.6 Å². The normalized spacial score (nSPS) is 10.9. The smallest absolute Gasteiger partial charge is 0.226 e. The summed E-state index contributed by atoms with van der Waals surface area (Å²) in [5.74, 6) is 1.87. The average molecular weight is 345 g/mol. The van der Waals surface area contributed by atoms with Crippen molar-refractivity contribution < 1.29 is 13.9 Å². The lowest BCUT2D eigenvalue weighted by atomic mass is 10.2. The van der Waals surface area contributed by atoms with Gasteiger partial charge in [-0.1, -0.05) is 17.8 Å². The number of allylic oxidation sites excluding steroid dienone is 1. The molecule has 0 radical (unpaired) electrons. The topological polar surface area (TPSA) is 94.3 Å². The fourth-order valence-electron chi connectivity index (χ4n) is 2.16. The van der Waals surface area contributed by atoms with Crippen molar-refractivity contribution in [3.8, 4) is 17.1 Å². The van der Waals surface area contributed by atoms with Gasteiger partial charge in [-0.3, -0.25) is 9.36 Å². The summed E-state index contributed by atoms with van der Waals surface area (Å²) in [4.78, 5) is 11.4. The van der Waals surface area contributed by atoms with Crippen molar-refractivity contribution in [3.63, 3.8) is 0 Å². The van der Waals surface area contributed by atoms with E-state index in [4.69, 9.17) is 8.83 Å². The van der Waals surface area contributed by atoms with E-state index in [9.17, 15) is 9.90 Å². The minimum absolute atomic E-state index is 0.384. The minimum Gasteiger partial charge on any atom is -0.502 e. The van der Waals surface area contributed by atoms with Crippen LogP contribution in [0.1, 0.15) is 11.5 Å². The Morgan fingerprint density at radius 3 is 2.92 bits per heavy atom. The number of aryl methyl sites for hydroxylation is 1. The Morgan fingerprint density at radius 2 is 2.25 bits per heavy atom. The van der Waals surface area contributed by atoms with Gasteiger partial charge in [-0.25, -0.2) is 0 Å². The van der Waals surface area contributed by atoms with Crippen molar-refractivity contribution in [2.45, 2.75) is 24.4 Å². The average Bonchev–Trinajstić information content (AvgIpc) is 3.15. The van der Waals surface area contributed by atoms with Crippen LogP contribution in [-0.2, 0) is 12.3 Å². The molecule has 0 saturated carbocycles. The molecular formula is C16H15N3O4S. The number of aromatic nitrogens is 3. The van der Waals surface area contributed by atoms with Crippen molar-refractivity contribution in [2.75, 3.05) is 0 Å². The van der Waals surface area contributed by atoms with Crippen molar-refractivity contribution in [2.24, 2.45) is 0 Å². The molecule has 3 aromatic heterocycles. The molecule has 1 N–H and O–H groups in total. The molecule has 3 aromatic rings. The summed E-state index contributed by atoms with van der Waals surface area (Å²) in [5.41, 5.74) is 0.395. The second-order valence-electron chi connectivity index (χ2n) is 4.98. The van der Waals surface area contributed by atoms with E-state index in [-0.39, 0.29) is 0 Å². The van der Waals surface area contributed by atoms with Crippen molar-refractivity contribution >= 4 is 11.8 Å². The Hall–Kier alpha value is -2.74. The molecule has 0 fully saturated rings. The van der Waals surface area contributed by atoms with Crippen LogP contribution in [-0.4, -0.2) is 19.9 Å². The van der Waals surface area contributed by atoms with E-state index in [1.165, 1.54) is 17.8 Å². The Morgan fingerprint density at radius 1 is 1.42 bits per heavy atom. The van der Waals surface area contributed by atoms with Gasteiger partial charge in [0, 0.05) is 12.6 Å². The van der Waals surface area contributed by atoms with Gasteiger partial charge in [0.2, 0.25) is 5.43 Å². The van der Waals surface area contributed by atoms with Crippen LogP contribution in [0.2, 0.25) is 0 Å². The SMILES string of the molecule is C=CCn1c(SCc2cc(=O)c(O)co2)nnc1-c1ccoc1C. The molecule has 0 saturated heterocycles. The van der Waals surface area contributed by atoms with Gasteiger partial charge in [-0.05, 0) is 13.0 Å². The van der Waals surface area contributed by atoms with Crippen molar-refractivity contribution in [1.29, 1.82) is 0 Å². The number of hydrogen-bond donors (Lipinski definition) is 1. The fraction of sp³-hybridized carbons (Fsp3) is 0.188. The molecule has 0 unspecified atom stereocenters. The lowest BCUT2D eigenvalue weighted by Crippen LogP contribution is -2.02. The van der Waals surface area contributed by atoms with Crippen LogP contribution in [0, 0.1) is 6.92 Å². The fourth-order valence-corrected chi connectivity index (χ4v) is 3.00. The zero-order valence-electron chi connectivity index (χ0n) is 12.9. The Labute approximate surface area is 141 Å². The van der Waals surface area contributed by atoms with E-state index >= 15 is 0 Å². The summed E-state index contributed by atoms with van der Waals surface area (Å²) in [5, 5.41) is 18.3. The summed E-state index contributed by atoms with van der Waals surface area (Å²) in [6, 6.07) is 3.10. The predicted molar refractivity (Wildman–Crippen MR) is 88.9 cm³/mol. The molecule has 0 aromatic carbocycles. The zero-order chi connectivity index (χ0) is 17.1. The van der Waals surface area contributed by atoms with E-state index in [0.29, 0.717) is 29.0 Å². The maximum atomic E-state index is 11.4. The molecule has 3 rings (SSSR count). The quantitative estimate of drug-likeness (QED) is 0.542. The molecule has 0 aliphatic rings. The number of hydrogen-bond acceptors (Lipinski definition) is 7. The molecule has 124 valence electrons. The molecule has 3 heterocycles. The molecule has 0 bridgehead atoms. The highest BCUT2D eigenvalue weighted by molar-refractivity contribution is 7.98. The van der Waals surface area contributed by atoms with Gasteiger partial charge in [-0.15, -0.1) is 16.8 Å². The maximum Gasteiger partial charge on any atom is 0.226 e. The highest BCUT2D eigenvalue weighted by Gasteiger charge is 2.17. The largest absolute Gasteiger partial charge is 0.502 e. The maximum absolute atomic E-state index is 11.4. The lowest BCUT2D eigenvalue weighted by Gasteiger charge is -2.06. The van der Waals surface area contributed by atoms with Gasteiger partial charge < -0.3 is 13.9 Å². The highest BCUT2D eigenvalue weighted by Crippen LogP contribution is 2.28. The van der Waals surface area contributed by atoms with Crippen LogP contribution in [0.25, 0.3) is 11.4 Å². The van der Waals surface area contributed by atoms with Gasteiger partial charge in [0.15, 0.2) is 16.7 Å². The minimum atomic E-state index is -0.473. The van der Waals surface area contributed by atoms with Gasteiger partial charge in [0.05, 0.1) is 17.6 Å². The first-order valence-electron chi connectivity index (χ1n) is 7.12. The molecule has 0 atom stereocenters. The third kappa shape index (κ3) is 3.13. The molecule has 0 aliphatic heterocycles. The van der Waals surface area contributed by atoms with E-state index < -0.39 is 11.2 Å². The van der Waals surface area contributed by atoms with Crippen LogP contribution in [0.15, 0.2) is 56.1 Å². The van der Waals surface area contributed by atoms with Gasteiger partial charge in [0.1, 0.15) is 17.8 Å². The first-order valence-corrected chi connectivity index (χ1v) is 8.10. The number of furan rings is 1. The predicted octanol–water partition coefficient (Wildman–Crippen LogP) is 2.98. The standard InChI is InChI=1S/C16H15N3O4S/c1-3-5-19-15(12-4-6-22-10(12)2)17-18-16(19)24-9-11-7-13(20)14(21)8-23-11/h3-4,6-8,21H,1,5,9H2,2H3. The van der Waals surface area contributed by atoms with Crippen LogP contribution < -0.4 is 5.43 Å². The Kier molecular flexibility index (Phi) is 4.57. The first-order chi connectivity index (χ1) is 11.6. The summed E-state index contributed by atoms with van der Waals surface area (Å²) in [6.07, 6.45) is 4.40. The van der Waals surface area contributed by atoms with Crippen LogP contribution in [0.4, 0.5) is 0 Å². The van der Waals surface area contributed by atoms with Gasteiger partial charge >= 0.3 is 0 Å². The van der Waals surface area contributed by atoms with Crippen molar-refractivity contribution in [1.82, 2.24) is 14.8 Å². The zero-order valence-corrected chi connectivity index (χ0v) is 13.7. The Bertz CT molecular complexity index is 926. The molecular weight excluding hydrogens is 330 g/mol. The second kappa shape index (κ2) is 6.79. The summed E-state index contributed by atoms with van der Waals surface area (Å²) in [7, 11) is 0. The first kappa shape index (κ1) is 16.1. The van der Waals surface area contributed by atoms with E-state index in [0.717, 1.165) is 17.6 Å². The number of nitrogens with zero attached hydrogens (tertiary/aromatic N) is 3.